The molecule has 4 rings (SSSR count). The number of ether oxygens (including phenoxy) is 2. The van der Waals surface area contributed by atoms with E-state index in [1.807, 2.05) is 4.90 Å². The second-order valence-corrected chi connectivity index (χ2v) is 11.6. The lowest BCUT2D eigenvalue weighted by atomic mass is 9.98. The third kappa shape index (κ3) is 8.38. The van der Waals surface area contributed by atoms with Gasteiger partial charge in [0.25, 0.3) is 0 Å². The Kier molecular flexibility index (Phi) is 9.34. The first-order valence-corrected chi connectivity index (χ1v) is 14.3. The molecular formula is C24H37FN4O5S. The molecule has 3 N–H and O–H groups in total. The Balaban J connectivity index is 1.31. The quantitative estimate of drug-likeness (QED) is 0.346. The highest BCUT2D eigenvalue weighted by atomic mass is 32.2. The molecule has 11 heteroatoms. The van der Waals surface area contributed by atoms with Crippen LogP contribution in [0.5, 0.6) is 5.75 Å². The zero-order chi connectivity index (χ0) is 24.7. The van der Waals surface area contributed by atoms with Crippen LogP contribution in [-0.4, -0.2) is 70.7 Å². The smallest absolute Gasteiger partial charge is 0.236 e. The van der Waals surface area contributed by atoms with E-state index in [2.05, 4.69) is 15.4 Å². The van der Waals surface area contributed by atoms with Gasteiger partial charge in [0.2, 0.25) is 15.9 Å². The van der Waals surface area contributed by atoms with Gasteiger partial charge < -0.3 is 20.1 Å². The Hall–Kier alpha value is -1.79. The Bertz CT molecular complexity index is 953. The van der Waals surface area contributed by atoms with Crippen molar-refractivity contribution in [2.75, 3.05) is 45.5 Å². The molecule has 2 atom stereocenters. The highest BCUT2D eigenvalue weighted by Gasteiger charge is 2.30. The molecule has 0 bridgehead atoms. The van der Waals surface area contributed by atoms with Crippen LogP contribution < -0.4 is 20.1 Å². The summed E-state index contributed by atoms with van der Waals surface area (Å²) in [7, 11) is -3.55. The minimum absolute atomic E-state index is 0.0133. The summed E-state index contributed by atoms with van der Waals surface area (Å²) in [6.45, 7) is 2.89. The fraction of sp³-hybridized carbons (Fsp3) is 0.708. The van der Waals surface area contributed by atoms with Gasteiger partial charge in [0.1, 0.15) is 13.5 Å². The van der Waals surface area contributed by atoms with Gasteiger partial charge in [0.05, 0.1) is 24.9 Å². The maximum absolute atomic E-state index is 14.3. The van der Waals surface area contributed by atoms with Gasteiger partial charge in [0.15, 0.2) is 11.6 Å². The minimum atomic E-state index is -3.55. The van der Waals surface area contributed by atoms with Crippen molar-refractivity contribution in [3.8, 4) is 5.75 Å². The number of nitrogens with zero attached hydrogens (tertiary/aromatic N) is 1. The molecule has 2 aliphatic heterocycles. The maximum Gasteiger partial charge on any atom is 0.236 e. The molecule has 2 saturated heterocycles. The maximum atomic E-state index is 14.3. The predicted molar refractivity (Wildman–Crippen MR) is 130 cm³/mol. The number of amides is 1. The highest BCUT2D eigenvalue weighted by molar-refractivity contribution is 7.89. The number of benzene rings is 1. The molecule has 3 fully saturated rings. The van der Waals surface area contributed by atoms with Crippen molar-refractivity contribution >= 4 is 15.9 Å². The first-order chi connectivity index (χ1) is 16.9. The number of unbranched alkanes of at least 4 members (excludes halogenated alkanes) is 2. The van der Waals surface area contributed by atoms with E-state index in [1.54, 1.807) is 12.1 Å². The van der Waals surface area contributed by atoms with E-state index in [0.29, 0.717) is 44.3 Å². The van der Waals surface area contributed by atoms with Crippen molar-refractivity contribution in [1.82, 2.24) is 20.3 Å². The zero-order valence-electron chi connectivity index (χ0n) is 20.1. The van der Waals surface area contributed by atoms with E-state index in [9.17, 15) is 17.6 Å². The molecule has 3 aliphatic rings. The third-order valence-corrected chi connectivity index (χ3v) is 8.13. The summed E-state index contributed by atoms with van der Waals surface area (Å²) in [5.74, 6) is 0.195. The standard InChI is InChI=1S/C24H37FN4O5S/c25-20-9-8-19(13-22(20)34-15-18-6-7-18)24(21-5-4-10-26-21)28-35(31,32)12-3-1-2-11-29-14-23(30)27-16-33-17-29/h8-9,13,18,21,24,26,28H,1-7,10-12,14-17H2,(H,27,30). The van der Waals surface area contributed by atoms with E-state index in [4.69, 9.17) is 9.47 Å². The zero-order valence-corrected chi connectivity index (χ0v) is 21.0. The number of carbonyl (C=O) groups is 1. The Labute approximate surface area is 207 Å². The fourth-order valence-corrected chi connectivity index (χ4v) is 5.90. The van der Waals surface area contributed by atoms with Gasteiger partial charge in [-0.25, -0.2) is 17.5 Å². The van der Waals surface area contributed by atoms with Crippen molar-refractivity contribution in [1.29, 1.82) is 0 Å². The topological polar surface area (TPSA) is 109 Å². The van der Waals surface area contributed by atoms with E-state index in [1.165, 1.54) is 6.07 Å². The second-order valence-electron chi connectivity index (χ2n) is 9.75. The van der Waals surface area contributed by atoms with Crippen LogP contribution in [-0.2, 0) is 19.6 Å². The highest BCUT2D eigenvalue weighted by Crippen LogP contribution is 2.32. The van der Waals surface area contributed by atoms with Crippen LogP contribution in [0.4, 0.5) is 4.39 Å². The second kappa shape index (κ2) is 12.4. The number of nitrogens with one attached hydrogen (secondary N) is 3. The molecule has 35 heavy (non-hydrogen) atoms. The molecule has 0 aromatic heterocycles. The van der Waals surface area contributed by atoms with Crippen molar-refractivity contribution in [3.63, 3.8) is 0 Å². The average Bonchev–Trinajstić information content (AvgIpc) is 3.55. The average molecular weight is 513 g/mol. The van der Waals surface area contributed by atoms with Crippen LogP contribution >= 0.6 is 0 Å². The molecule has 0 radical (unpaired) electrons. The largest absolute Gasteiger partial charge is 0.490 e. The van der Waals surface area contributed by atoms with Gasteiger partial charge in [0, 0.05) is 12.6 Å². The van der Waals surface area contributed by atoms with Crippen LogP contribution in [0.1, 0.15) is 56.6 Å². The van der Waals surface area contributed by atoms with Crippen molar-refractivity contribution in [2.45, 2.75) is 57.0 Å². The lowest BCUT2D eigenvalue weighted by molar-refractivity contribution is -0.121. The fourth-order valence-electron chi connectivity index (χ4n) is 4.51. The Morgan fingerprint density at radius 1 is 1.23 bits per heavy atom. The van der Waals surface area contributed by atoms with E-state index in [-0.39, 0.29) is 30.2 Å². The summed E-state index contributed by atoms with van der Waals surface area (Å²) < 4.78 is 54.2. The first-order valence-electron chi connectivity index (χ1n) is 12.6. The van der Waals surface area contributed by atoms with Crippen LogP contribution in [0.3, 0.4) is 0 Å². The first kappa shape index (κ1) is 26.3. The van der Waals surface area contributed by atoms with Gasteiger partial charge in [-0.2, -0.15) is 0 Å². The predicted octanol–water partition coefficient (Wildman–Crippen LogP) is 1.86. The van der Waals surface area contributed by atoms with Crippen molar-refractivity contribution in [2.24, 2.45) is 5.92 Å². The molecule has 1 aliphatic carbocycles. The summed E-state index contributed by atoms with van der Waals surface area (Å²) in [4.78, 5) is 13.5. The Morgan fingerprint density at radius 3 is 2.86 bits per heavy atom. The molecule has 196 valence electrons. The molecule has 1 saturated carbocycles. The molecule has 1 aromatic rings. The minimum Gasteiger partial charge on any atom is -0.490 e. The number of carbonyl (C=O) groups excluding carboxylic acids is 1. The number of sulfonamides is 1. The third-order valence-electron chi connectivity index (χ3n) is 6.69. The SMILES string of the molecule is O=C1CN(CCCCCS(=O)(=O)NC(c2ccc(F)c(OCC3CC3)c2)C2CCCN2)COCN1. The molecule has 0 spiro atoms. The van der Waals surface area contributed by atoms with Gasteiger partial charge in [-0.05, 0) is 68.7 Å². The number of rotatable bonds is 13. The monoisotopic (exact) mass is 512 g/mol. The van der Waals surface area contributed by atoms with E-state index in [0.717, 1.165) is 45.1 Å². The normalized spacial score (nSPS) is 22.5. The molecule has 2 unspecified atom stereocenters. The van der Waals surface area contributed by atoms with Crippen LogP contribution in [0.15, 0.2) is 18.2 Å². The van der Waals surface area contributed by atoms with Gasteiger partial charge in [-0.15, -0.1) is 0 Å². The number of halogens is 1. The lowest BCUT2D eigenvalue weighted by Crippen LogP contribution is -2.41. The summed E-state index contributed by atoms with van der Waals surface area (Å²) in [5, 5.41) is 6.03. The summed E-state index contributed by atoms with van der Waals surface area (Å²) >= 11 is 0. The van der Waals surface area contributed by atoms with Crippen LogP contribution in [0.2, 0.25) is 0 Å². The molecule has 1 amide bonds. The van der Waals surface area contributed by atoms with Gasteiger partial charge >= 0.3 is 0 Å². The van der Waals surface area contributed by atoms with Gasteiger partial charge in [-0.3, -0.25) is 9.69 Å². The van der Waals surface area contributed by atoms with Crippen LogP contribution in [0, 0.1) is 11.7 Å². The van der Waals surface area contributed by atoms with Crippen LogP contribution in [0.25, 0.3) is 0 Å². The van der Waals surface area contributed by atoms with E-state index >= 15 is 0 Å². The van der Waals surface area contributed by atoms with E-state index < -0.39 is 21.9 Å². The molecule has 9 nitrogen and oxygen atoms in total. The Morgan fingerprint density at radius 2 is 2.09 bits per heavy atom. The summed E-state index contributed by atoms with van der Waals surface area (Å²) in [6.07, 6.45) is 6.04. The number of hydrogen-bond acceptors (Lipinski definition) is 7. The number of hydrogen-bond donors (Lipinski definition) is 3. The van der Waals surface area contributed by atoms with Crippen molar-refractivity contribution in [3.05, 3.63) is 29.6 Å². The summed E-state index contributed by atoms with van der Waals surface area (Å²) in [5.41, 5.74) is 0.708. The van der Waals surface area contributed by atoms with Crippen molar-refractivity contribution < 1.29 is 27.1 Å². The lowest BCUT2D eigenvalue weighted by Gasteiger charge is -2.26. The summed E-state index contributed by atoms with van der Waals surface area (Å²) in [6, 6.07) is 4.11. The molecular weight excluding hydrogens is 475 g/mol. The molecule has 2 heterocycles. The molecule has 1 aromatic carbocycles. The van der Waals surface area contributed by atoms with Gasteiger partial charge in [-0.1, -0.05) is 12.5 Å².